The number of thiocarbonyl (C=S) groups is 1. The molecule has 5 heteroatoms. The summed E-state index contributed by atoms with van der Waals surface area (Å²) in [7, 11) is 0. The maximum atomic E-state index is 11.6. The van der Waals surface area contributed by atoms with E-state index in [1.54, 1.807) is 0 Å². The minimum atomic E-state index is -0.428. The van der Waals surface area contributed by atoms with Crippen LogP contribution in [0.25, 0.3) is 0 Å². The Morgan fingerprint density at radius 2 is 2.06 bits per heavy atom. The molecule has 0 fully saturated rings. The topological polar surface area (TPSA) is 67.2 Å². The monoisotopic (exact) mass is 251 g/mol. The molecule has 0 saturated carbocycles. The van der Waals surface area contributed by atoms with Crippen LogP contribution >= 0.6 is 12.2 Å². The highest BCUT2D eigenvalue weighted by molar-refractivity contribution is 7.80. The lowest BCUT2D eigenvalue weighted by atomic mass is 10.1. The smallest absolute Gasteiger partial charge is 0.315 e. The maximum absolute atomic E-state index is 11.6. The third-order valence-corrected chi connectivity index (χ3v) is 2.46. The lowest BCUT2D eigenvalue weighted by molar-refractivity contribution is 0.239. The van der Waals surface area contributed by atoms with Crippen molar-refractivity contribution in [2.24, 2.45) is 5.73 Å². The second-order valence-electron chi connectivity index (χ2n) is 3.65. The van der Waals surface area contributed by atoms with Gasteiger partial charge in [-0.25, -0.2) is 4.79 Å². The molecule has 1 unspecified atom stereocenters. The number of nitrogens with one attached hydrogen (secondary N) is 2. The van der Waals surface area contributed by atoms with Crippen LogP contribution in [0.5, 0.6) is 0 Å². The number of carbonyl (C=O) groups is 1. The van der Waals surface area contributed by atoms with E-state index in [2.05, 4.69) is 10.6 Å². The Hall–Kier alpha value is -1.62. The Balaban J connectivity index is 2.68. The third kappa shape index (κ3) is 4.40. The summed E-state index contributed by atoms with van der Waals surface area (Å²) < 4.78 is 0. The van der Waals surface area contributed by atoms with Crippen LogP contribution in [0.3, 0.4) is 0 Å². The third-order valence-electron chi connectivity index (χ3n) is 2.23. The predicted molar refractivity (Wildman–Crippen MR) is 72.8 cm³/mol. The van der Waals surface area contributed by atoms with Crippen molar-refractivity contribution in [3.63, 3.8) is 0 Å². The Morgan fingerprint density at radius 1 is 1.41 bits per heavy atom. The Morgan fingerprint density at radius 3 is 2.59 bits per heavy atom. The zero-order valence-electron chi connectivity index (χ0n) is 9.77. The van der Waals surface area contributed by atoms with Crippen molar-refractivity contribution in [2.75, 3.05) is 6.54 Å². The molecule has 0 aromatic heterocycles. The summed E-state index contributed by atoms with van der Waals surface area (Å²) in [5.74, 6) is 0. The van der Waals surface area contributed by atoms with Gasteiger partial charge in [0.05, 0.1) is 0 Å². The molecule has 17 heavy (non-hydrogen) atoms. The van der Waals surface area contributed by atoms with E-state index in [1.165, 1.54) is 0 Å². The van der Waals surface area contributed by atoms with Gasteiger partial charge in [0.2, 0.25) is 0 Å². The average Bonchev–Trinajstić information content (AvgIpc) is 2.34. The Labute approximate surface area is 107 Å². The van der Waals surface area contributed by atoms with Crippen molar-refractivity contribution in [1.29, 1.82) is 0 Å². The summed E-state index contributed by atoms with van der Waals surface area (Å²) in [5.41, 5.74) is 6.52. The number of hydrogen-bond donors (Lipinski definition) is 3. The first-order valence-corrected chi connectivity index (χ1v) is 5.94. The Bertz CT molecular complexity index is 381. The molecule has 2 amide bonds. The molecule has 0 heterocycles. The van der Waals surface area contributed by atoms with E-state index in [1.807, 2.05) is 37.3 Å². The van der Waals surface area contributed by atoms with E-state index in [4.69, 9.17) is 18.0 Å². The normalized spacial score (nSPS) is 11.6. The van der Waals surface area contributed by atoms with Crippen molar-refractivity contribution in [3.05, 3.63) is 35.9 Å². The highest BCUT2D eigenvalue weighted by atomic mass is 32.1. The highest BCUT2D eigenvalue weighted by Gasteiger charge is 2.16. The largest absolute Gasteiger partial charge is 0.391 e. The minimum Gasteiger partial charge on any atom is -0.391 e. The van der Waals surface area contributed by atoms with Crippen molar-refractivity contribution in [2.45, 2.75) is 19.4 Å². The summed E-state index contributed by atoms with van der Waals surface area (Å²) in [4.78, 5) is 11.8. The standard InChI is InChI=1S/C12H17N3OS/c1-2-8-14-12(16)15-10(11(13)17)9-6-4-3-5-7-9/h3-7,10H,2,8H2,1H3,(H2,13,17)(H2,14,15,16). The second-order valence-corrected chi connectivity index (χ2v) is 4.12. The molecule has 4 nitrogen and oxygen atoms in total. The van der Waals surface area contributed by atoms with Gasteiger partial charge in [-0.3, -0.25) is 0 Å². The van der Waals surface area contributed by atoms with Crippen molar-refractivity contribution < 1.29 is 4.79 Å². The number of amides is 2. The number of urea groups is 1. The van der Waals surface area contributed by atoms with Gasteiger partial charge < -0.3 is 16.4 Å². The van der Waals surface area contributed by atoms with Crippen molar-refractivity contribution in [1.82, 2.24) is 10.6 Å². The van der Waals surface area contributed by atoms with E-state index >= 15 is 0 Å². The fourth-order valence-electron chi connectivity index (χ4n) is 1.38. The van der Waals surface area contributed by atoms with Gasteiger partial charge in [-0.15, -0.1) is 0 Å². The van der Waals surface area contributed by atoms with Gasteiger partial charge in [-0.1, -0.05) is 49.5 Å². The molecular formula is C12H17N3OS. The van der Waals surface area contributed by atoms with Gasteiger partial charge in [-0.05, 0) is 12.0 Å². The maximum Gasteiger partial charge on any atom is 0.315 e. The minimum absolute atomic E-state index is 0.253. The molecule has 4 N–H and O–H groups in total. The van der Waals surface area contributed by atoms with Gasteiger partial charge in [0, 0.05) is 6.54 Å². The number of hydrogen-bond acceptors (Lipinski definition) is 2. The van der Waals surface area contributed by atoms with Gasteiger partial charge in [0.25, 0.3) is 0 Å². The first kappa shape index (κ1) is 13.4. The molecule has 0 aliphatic heterocycles. The SMILES string of the molecule is CCCNC(=O)NC(C(N)=S)c1ccccc1. The highest BCUT2D eigenvalue weighted by Crippen LogP contribution is 2.12. The van der Waals surface area contributed by atoms with E-state index < -0.39 is 6.04 Å². The average molecular weight is 251 g/mol. The van der Waals surface area contributed by atoms with Crippen LogP contribution < -0.4 is 16.4 Å². The van der Waals surface area contributed by atoms with Crippen LogP contribution in [-0.2, 0) is 0 Å². The summed E-state index contributed by atoms with van der Waals surface area (Å²) >= 11 is 4.97. The number of carbonyl (C=O) groups excluding carboxylic acids is 1. The molecule has 0 spiro atoms. The molecule has 92 valence electrons. The molecule has 0 bridgehead atoms. The van der Waals surface area contributed by atoms with E-state index in [0.29, 0.717) is 6.54 Å². The molecule has 0 radical (unpaired) electrons. The van der Waals surface area contributed by atoms with Crippen LogP contribution in [0.2, 0.25) is 0 Å². The molecule has 0 saturated heterocycles. The number of benzene rings is 1. The fourth-order valence-corrected chi connectivity index (χ4v) is 1.58. The second kappa shape index (κ2) is 6.85. The summed E-state index contributed by atoms with van der Waals surface area (Å²) in [6.07, 6.45) is 0.885. The van der Waals surface area contributed by atoms with Gasteiger partial charge >= 0.3 is 6.03 Å². The lowest BCUT2D eigenvalue weighted by Crippen LogP contribution is -2.42. The quantitative estimate of drug-likeness (QED) is 0.698. The van der Waals surface area contributed by atoms with Gasteiger partial charge in [0.15, 0.2) is 0 Å². The molecule has 0 aliphatic rings. The van der Waals surface area contributed by atoms with Crippen LogP contribution in [-0.4, -0.2) is 17.6 Å². The zero-order valence-corrected chi connectivity index (χ0v) is 10.6. The number of rotatable bonds is 5. The Kier molecular flexibility index (Phi) is 5.42. The predicted octanol–water partition coefficient (Wildman–Crippen LogP) is 1.72. The van der Waals surface area contributed by atoms with E-state index in [-0.39, 0.29) is 11.0 Å². The summed E-state index contributed by atoms with van der Waals surface area (Å²) in [6.45, 7) is 2.62. The number of nitrogens with two attached hydrogens (primary N) is 1. The zero-order chi connectivity index (χ0) is 12.7. The van der Waals surface area contributed by atoms with Gasteiger partial charge in [0.1, 0.15) is 11.0 Å². The molecule has 1 aromatic rings. The lowest BCUT2D eigenvalue weighted by Gasteiger charge is -2.18. The fraction of sp³-hybridized carbons (Fsp3) is 0.333. The van der Waals surface area contributed by atoms with Crippen LogP contribution in [0.1, 0.15) is 24.9 Å². The van der Waals surface area contributed by atoms with Crippen molar-refractivity contribution >= 4 is 23.2 Å². The molecular weight excluding hydrogens is 234 g/mol. The molecule has 1 atom stereocenters. The van der Waals surface area contributed by atoms with Crippen LogP contribution in [0.4, 0.5) is 4.79 Å². The van der Waals surface area contributed by atoms with Crippen LogP contribution in [0, 0.1) is 0 Å². The summed E-state index contributed by atoms with van der Waals surface area (Å²) in [6, 6.07) is 8.74. The van der Waals surface area contributed by atoms with Crippen molar-refractivity contribution in [3.8, 4) is 0 Å². The molecule has 0 aliphatic carbocycles. The van der Waals surface area contributed by atoms with Crippen LogP contribution in [0.15, 0.2) is 30.3 Å². The van der Waals surface area contributed by atoms with E-state index in [0.717, 1.165) is 12.0 Å². The molecule has 1 aromatic carbocycles. The summed E-state index contributed by atoms with van der Waals surface area (Å²) in [5, 5.41) is 5.47. The van der Waals surface area contributed by atoms with E-state index in [9.17, 15) is 4.79 Å². The molecule has 1 rings (SSSR count). The van der Waals surface area contributed by atoms with Gasteiger partial charge in [-0.2, -0.15) is 0 Å². The first-order chi connectivity index (χ1) is 8.15. The first-order valence-electron chi connectivity index (χ1n) is 5.53.